The molecule has 0 amide bonds. The second kappa shape index (κ2) is 18.3. The molecule has 47 heavy (non-hydrogen) atoms. The Bertz CT molecular complexity index is 1610. The topological polar surface area (TPSA) is 106 Å². The van der Waals surface area contributed by atoms with E-state index in [2.05, 4.69) is 18.2 Å². The Morgan fingerprint density at radius 2 is 1.62 bits per heavy atom. The lowest BCUT2D eigenvalue weighted by Crippen LogP contribution is -2.22. The van der Waals surface area contributed by atoms with Gasteiger partial charge < -0.3 is 14.3 Å². The molecule has 1 heterocycles. The van der Waals surface area contributed by atoms with Gasteiger partial charge in [0.05, 0.1) is 6.07 Å². The summed E-state index contributed by atoms with van der Waals surface area (Å²) in [6.07, 6.45) is 11.8. The molecule has 0 spiro atoms. The summed E-state index contributed by atoms with van der Waals surface area (Å²) in [6, 6.07) is 27.9. The number of nitrogens with zero attached hydrogens (tertiary/aromatic N) is 2. The van der Waals surface area contributed by atoms with Gasteiger partial charge in [-0.1, -0.05) is 107 Å². The van der Waals surface area contributed by atoms with Crippen LogP contribution in [0, 0.1) is 17.2 Å². The fourth-order valence-electron chi connectivity index (χ4n) is 6.43. The maximum Gasteiger partial charge on any atom is 0.341 e. The highest BCUT2D eigenvalue weighted by atomic mass is 32.2. The minimum atomic E-state index is -1.01. The van der Waals surface area contributed by atoms with Gasteiger partial charge in [0.2, 0.25) is 5.89 Å². The van der Waals surface area contributed by atoms with E-state index in [1.165, 1.54) is 38.5 Å². The lowest BCUT2D eigenvalue weighted by atomic mass is 9.86. The molecule has 0 aliphatic heterocycles. The lowest BCUT2D eigenvalue weighted by molar-refractivity contribution is -0.139. The Morgan fingerprint density at radius 3 is 2.30 bits per heavy atom. The molecule has 1 N–H and O–H groups in total. The summed E-state index contributed by atoms with van der Waals surface area (Å²) < 4.78 is 24.1. The SMILES string of the molecule is C.O=C(O)COc1cccc(-c2ccccc2-c2nc(-c3ccccc3)c(C3CCCCC3)o2)c1.[3H]CSOC(C#N)C1CCCCC1. The second-order valence-corrected chi connectivity index (χ2v) is 12.3. The maximum atomic E-state index is 10.9. The predicted octanol–water partition coefficient (Wildman–Crippen LogP) is 10.6. The number of nitriles is 1. The fraction of sp³-hybridized carbons (Fsp3) is 0.410. The van der Waals surface area contributed by atoms with E-state index in [-0.39, 0.29) is 26.4 Å². The standard InChI is InChI=1S/C29H27NO4.C9H15NOS.CH4/c31-26(32)19-33-23-15-9-14-22(18-23)24-16-7-8-17-25(24)29-30-27(20-10-3-1-4-11-20)28(34-29)21-12-5-2-6-13-21;1-12-11-9(7-10)8-5-3-2-4-6-8;/h1,3-4,7-11,14-18,21H,2,5-6,12-13,19H2,(H,31,32);8-9H,2-6H2,1H3;1H4/i;1T;. The van der Waals surface area contributed by atoms with E-state index in [1.54, 1.807) is 6.07 Å². The zero-order valence-electron chi connectivity index (χ0n) is 27.1. The van der Waals surface area contributed by atoms with E-state index in [1.807, 2.05) is 60.7 Å². The number of hydrogen-bond donors (Lipinski definition) is 1. The summed E-state index contributed by atoms with van der Waals surface area (Å²) in [5.41, 5.74) is 4.77. The molecule has 6 rings (SSSR count). The van der Waals surface area contributed by atoms with Crippen LogP contribution in [0.1, 0.15) is 84.7 Å². The first-order valence-electron chi connectivity index (χ1n) is 16.9. The van der Waals surface area contributed by atoms with Crippen molar-refractivity contribution in [3.8, 4) is 45.7 Å². The van der Waals surface area contributed by atoms with Gasteiger partial charge >= 0.3 is 5.97 Å². The van der Waals surface area contributed by atoms with Gasteiger partial charge in [0.1, 0.15) is 17.2 Å². The van der Waals surface area contributed by atoms with Crippen LogP contribution in [0.3, 0.4) is 0 Å². The molecule has 2 saturated carbocycles. The van der Waals surface area contributed by atoms with Crippen LogP contribution in [0.2, 0.25) is 0 Å². The van der Waals surface area contributed by atoms with Crippen molar-refractivity contribution in [1.29, 1.82) is 5.26 Å². The van der Waals surface area contributed by atoms with Gasteiger partial charge in [-0.2, -0.15) is 5.26 Å². The van der Waals surface area contributed by atoms with Crippen molar-refractivity contribution in [3.05, 3.63) is 84.6 Å². The number of aliphatic carboxylic acids is 1. The Hall–Kier alpha value is -4.06. The molecule has 8 heteroatoms. The van der Waals surface area contributed by atoms with Crippen molar-refractivity contribution >= 4 is 18.0 Å². The number of carboxylic acid groups (broad SMARTS) is 1. The zero-order chi connectivity index (χ0) is 32.8. The van der Waals surface area contributed by atoms with Gasteiger partial charge in [0.15, 0.2) is 12.7 Å². The molecule has 1 aromatic heterocycles. The first-order chi connectivity index (χ1) is 23.1. The number of hydrogen-bond acceptors (Lipinski definition) is 7. The molecule has 2 aliphatic carbocycles. The van der Waals surface area contributed by atoms with E-state index >= 15 is 0 Å². The summed E-state index contributed by atoms with van der Waals surface area (Å²) in [6.45, 7) is -0.379. The van der Waals surface area contributed by atoms with Gasteiger partial charge in [-0.25, -0.2) is 9.78 Å². The fourth-order valence-corrected chi connectivity index (χ4v) is 6.77. The molecule has 248 valence electrons. The van der Waals surface area contributed by atoms with Crippen LogP contribution in [0.15, 0.2) is 83.3 Å². The van der Waals surface area contributed by atoms with E-state index in [0.29, 0.717) is 23.5 Å². The third-order valence-electron chi connectivity index (χ3n) is 8.72. The molecule has 0 saturated heterocycles. The van der Waals surface area contributed by atoms with E-state index in [9.17, 15) is 4.79 Å². The summed E-state index contributed by atoms with van der Waals surface area (Å²) in [5, 5.41) is 17.8. The molecule has 2 fully saturated rings. The van der Waals surface area contributed by atoms with E-state index < -0.39 is 5.97 Å². The quantitative estimate of drug-likeness (QED) is 0.168. The van der Waals surface area contributed by atoms with Crippen LogP contribution in [0.4, 0.5) is 0 Å². The summed E-state index contributed by atoms with van der Waals surface area (Å²) >= 11 is 1.08. The molecule has 0 bridgehead atoms. The highest BCUT2D eigenvalue weighted by molar-refractivity contribution is 7.93. The smallest absolute Gasteiger partial charge is 0.341 e. The van der Waals surface area contributed by atoms with E-state index in [0.717, 1.165) is 71.4 Å². The average Bonchev–Trinajstić information content (AvgIpc) is 3.58. The molecule has 2 aliphatic rings. The van der Waals surface area contributed by atoms with Gasteiger partial charge in [0.25, 0.3) is 0 Å². The van der Waals surface area contributed by atoms with Crippen molar-refractivity contribution in [1.82, 2.24) is 4.98 Å². The molecule has 4 aromatic rings. The monoisotopic (exact) mass is 656 g/mol. The number of carboxylic acids is 1. The molecular weight excluding hydrogens is 609 g/mol. The maximum absolute atomic E-state index is 10.9. The van der Waals surface area contributed by atoms with E-state index in [4.69, 9.17) is 30.1 Å². The van der Waals surface area contributed by atoms with Crippen LogP contribution in [0.25, 0.3) is 33.8 Å². The van der Waals surface area contributed by atoms with Crippen LogP contribution >= 0.6 is 12.0 Å². The molecule has 1 unspecified atom stereocenters. The molecule has 0 radical (unpaired) electrons. The summed E-state index contributed by atoms with van der Waals surface area (Å²) in [5.74, 6) is 1.87. The van der Waals surface area contributed by atoms with Crippen LogP contribution in [0.5, 0.6) is 5.75 Å². The normalized spacial score (nSPS) is 16.0. The van der Waals surface area contributed by atoms with Gasteiger partial charge in [-0.05, 0) is 73.0 Å². The number of oxazole rings is 1. The second-order valence-electron chi connectivity index (χ2n) is 11.9. The van der Waals surface area contributed by atoms with Crippen molar-refractivity contribution in [2.45, 2.75) is 83.7 Å². The summed E-state index contributed by atoms with van der Waals surface area (Å²) in [7, 11) is 0. The van der Waals surface area contributed by atoms with Gasteiger partial charge in [-0.3, -0.25) is 4.18 Å². The molecule has 1 atom stereocenters. The Kier molecular flexibility index (Phi) is 13.4. The number of benzene rings is 3. The first kappa shape index (κ1) is 34.3. The molecule has 3 aromatic carbocycles. The van der Waals surface area contributed by atoms with Gasteiger partial charge in [0, 0.05) is 24.6 Å². The van der Waals surface area contributed by atoms with Crippen LogP contribution in [-0.4, -0.2) is 35.0 Å². The molecule has 7 nitrogen and oxygen atoms in total. The highest BCUT2D eigenvalue weighted by Crippen LogP contribution is 2.42. The predicted molar refractivity (Wildman–Crippen MR) is 189 cm³/mol. The first-order valence-corrected chi connectivity index (χ1v) is 17.1. The third kappa shape index (κ3) is 9.73. The molecular formula is C39H46N2O5S. The number of carbonyl (C=O) groups is 1. The van der Waals surface area contributed by atoms with Crippen molar-refractivity contribution in [3.63, 3.8) is 0 Å². The third-order valence-corrected chi connectivity index (χ3v) is 9.06. The Balaban J connectivity index is 0.000000315. The average molecular weight is 657 g/mol. The number of rotatable bonds is 10. The zero-order valence-corrected chi connectivity index (χ0v) is 26.9. The minimum absolute atomic E-state index is 0. The number of aromatic nitrogens is 1. The van der Waals surface area contributed by atoms with Gasteiger partial charge in [-0.15, -0.1) is 0 Å². The highest BCUT2D eigenvalue weighted by Gasteiger charge is 2.27. The Morgan fingerprint density at radius 1 is 0.957 bits per heavy atom. The van der Waals surface area contributed by atoms with Crippen LogP contribution < -0.4 is 4.74 Å². The van der Waals surface area contributed by atoms with Crippen molar-refractivity contribution in [2.75, 3.05) is 12.8 Å². The largest absolute Gasteiger partial charge is 0.482 e. The summed E-state index contributed by atoms with van der Waals surface area (Å²) in [4.78, 5) is 15.9. The van der Waals surface area contributed by atoms with Crippen LogP contribution in [-0.2, 0) is 8.98 Å². The lowest BCUT2D eigenvalue weighted by Gasteiger charge is -2.24. The van der Waals surface area contributed by atoms with Crippen molar-refractivity contribution < 1.29 is 24.6 Å². The van der Waals surface area contributed by atoms with Crippen molar-refractivity contribution in [2.24, 2.45) is 5.92 Å². The minimum Gasteiger partial charge on any atom is -0.482 e. The Labute approximate surface area is 284 Å². The number of ether oxygens (including phenoxy) is 1.